The van der Waals surface area contributed by atoms with E-state index in [4.69, 9.17) is 5.11 Å². The molecule has 3 nitrogen and oxygen atoms in total. The number of nitrogens with zero attached hydrogens (tertiary/aromatic N) is 1. The average Bonchev–Trinajstić information content (AvgIpc) is 2.32. The topological polar surface area (TPSA) is 40.5 Å². The van der Waals surface area contributed by atoms with Crippen molar-refractivity contribution in [3.05, 3.63) is 28.2 Å². The summed E-state index contributed by atoms with van der Waals surface area (Å²) in [6, 6.07) is 6.42. The summed E-state index contributed by atoms with van der Waals surface area (Å²) in [4.78, 5) is 13.2. The van der Waals surface area contributed by atoms with Gasteiger partial charge in [0.1, 0.15) is 0 Å². The minimum Gasteiger partial charge on any atom is -0.396 e. The predicted molar refractivity (Wildman–Crippen MR) is 76.2 cm³/mol. The van der Waals surface area contributed by atoms with Crippen LogP contribution in [0, 0.1) is 0 Å². The van der Waals surface area contributed by atoms with E-state index in [0.29, 0.717) is 11.6 Å². The number of aliphatic hydroxyl groups excluding tert-OH is 1. The van der Waals surface area contributed by atoms with E-state index >= 15 is 0 Å². The number of hydrogen-bond donors (Lipinski definition) is 1. The second kappa shape index (κ2) is 6.34. The van der Waals surface area contributed by atoms with Crippen LogP contribution in [0.2, 0.25) is 0 Å². The molecule has 0 aromatic heterocycles. The number of halogens is 1. The highest BCUT2D eigenvalue weighted by Crippen LogP contribution is 2.31. The van der Waals surface area contributed by atoms with Crippen LogP contribution in [-0.2, 0) is 0 Å². The Morgan fingerprint density at radius 2 is 2.22 bits per heavy atom. The summed E-state index contributed by atoms with van der Waals surface area (Å²) in [6.07, 6.45) is 5.36. The van der Waals surface area contributed by atoms with Crippen molar-refractivity contribution < 1.29 is 9.90 Å². The number of benzene rings is 1. The van der Waals surface area contributed by atoms with Gasteiger partial charge in [-0.3, -0.25) is 4.79 Å². The smallest absolute Gasteiger partial charge is 0.151 e. The zero-order valence-corrected chi connectivity index (χ0v) is 11.9. The van der Waals surface area contributed by atoms with Gasteiger partial charge in [0, 0.05) is 34.9 Å². The van der Waals surface area contributed by atoms with Gasteiger partial charge in [0.25, 0.3) is 0 Å². The molecular formula is C14H18BrNO2. The maximum Gasteiger partial charge on any atom is 0.151 e. The molecule has 4 heteroatoms. The molecule has 1 aromatic carbocycles. The maximum atomic E-state index is 10.8. The third kappa shape index (κ3) is 2.93. The highest BCUT2D eigenvalue weighted by atomic mass is 79.9. The van der Waals surface area contributed by atoms with Gasteiger partial charge in [-0.25, -0.2) is 0 Å². The molecule has 1 aromatic rings. The van der Waals surface area contributed by atoms with Crippen LogP contribution in [-0.4, -0.2) is 30.6 Å². The predicted octanol–water partition coefficient (Wildman–Crippen LogP) is 3.00. The second-order valence-electron chi connectivity index (χ2n) is 4.68. The van der Waals surface area contributed by atoms with Crippen LogP contribution in [0.15, 0.2) is 22.7 Å². The number of anilines is 1. The highest BCUT2D eigenvalue weighted by molar-refractivity contribution is 9.10. The minimum atomic E-state index is 0.219. The van der Waals surface area contributed by atoms with Crippen molar-refractivity contribution in [3.8, 4) is 0 Å². The summed E-state index contributed by atoms with van der Waals surface area (Å²) < 4.78 is 0.836. The molecule has 98 valence electrons. The molecular weight excluding hydrogens is 294 g/mol. The van der Waals surface area contributed by atoms with Crippen LogP contribution >= 0.6 is 15.9 Å². The largest absolute Gasteiger partial charge is 0.396 e. The van der Waals surface area contributed by atoms with Gasteiger partial charge in [0.2, 0.25) is 0 Å². The van der Waals surface area contributed by atoms with Crippen molar-refractivity contribution in [3.63, 3.8) is 0 Å². The summed E-state index contributed by atoms with van der Waals surface area (Å²) in [7, 11) is 0. The minimum absolute atomic E-state index is 0.219. The van der Waals surface area contributed by atoms with Crippen molar-refractivity contribution in [1.29, 1.82) is 0 Å². The van der Waals surface area contributed by atoms with Crippen LogP contribution in [0.5, 0.6) is 0 Å². The fourth-order valence-corrected chi connectivity index (χ4v) is 2.71. The first kappa shape index (κ1) is 13.6. The Balaban J connectivity index is 2.18. The Kier molecular flexibility index (Phi) is 4.78. The first-order valence-corrected chi connectivity index (χ1v) is 7.18. The highest BCUT2D eigenvalue weighted by Gasteiger charge is 2.25. The fraction of sp³-hybridized carbons (Fsp3) is 0.500. The fourth-order valence-electron chi connectivity index (χ4n) is 2.25. The monoisotopic (exact) mass is 311 g/mol. The van der Waals surface area contributed by atoms with Crippen molar-refractivity contribution in [2.75, 3.05) is 18.1 Å². The molecule has 0 radical (unpaired) electrons. The summed E-state index contributed by atoms with van der Waals surface area (Å²) in [5, 5.41) is 8.99. The third-order valence-corrected chi connectivity index (χ3v) is 4.20. The van der Waals surface area contributed by atoms with Gasteiger partial charge in [-0.2, -0.15) is 0 Å². The molecule has 18 heavy (non-hydrogen) atoms. The lowest BCUT2D eigenvalue weighted by atomic mass is 9.91. The zero-order valence-electron chi connectivity index (χ0n) is 10.3. The van der Waals surface area contributed by atoms with Crippen molar-refractivity contribution in [2.45, 2.75) is 31.7 Å². The molecule has 0 atom stereocenters. The van der Waals surface area contributed by atoms with Gasteiger partial charge < -0.3 is 10.0 Å². The standard InChI is InChI=1S/C14H18BrNO2/c15-14-9-13(6-5-11(14)10-18)16(7-2-8-17)12-3-1-4-12/h5-6,9-10,12,17H,1-4,7-8H2. The Bertz CT molecular complexity index is 418. The molecule has 1 fully saturated rings. The van der Waals surface area contributed by atoms with E-state index in [-0.39, 0.29) is 6.61 Å². The molecule has 0 spiro atoms. The Morgan fingerprint density at radius 3 is 2.72 bits per heavy atom. The summed E-state index contributed by atoms with van der Waals surface area (Å²) in [6.45, 7) is 1.09. The van der Waals surface area contributed by atoms with Crippen molar-refractivity contribution >= 4 is 27.9 Å². The van der Waals surface area contributed by atoms with E-state index in [1.807, 2.05) is 18.2 Å². The van der Waals surface area contributed by atoms with Crippen LogP contribution < -0.4 is 4.90 Å². The number of carbonyl (C=O) groups is 1. The molecule has 1 saturated carbocycles. The molecule has 0 aliphatic heterocycles. The number of carbonyl (C=O) groups excluding carboxylic acids is 1. The summed E-state index contributed by atoms with van der Waals surface area (Å²) >= 11 is 3.43. The van der Waals surface area contributed by atoms with Crippen LogP contribution in [0.4, 0.5) is 5.69 Å². The average molecular weight is 312 g/mol. The maximum absolute atomic E-state index is 10.8. The zero-order chi connectivity index (χ0) is 13.0. The summed E-state index contributed by atoms with van der Waals surface area (Å²) in [5.41, 5.74) is 1.81. The summed E-state index contributed by atoms with van der Waals surface area (Å²) in [5.74, 6) is 0. The van der Waals surface area contributed by atoms with Gasteiger partial charge in [0.05, 0.1) is 0 Å². The quantitative estimate of drug-likeness (QED) is 0.821. The molecule has 1 aliphatic carbocycles. The molecule has 1 N–H and O–H groups in total. The van der Waals surface area contributed by atoms with E-state index < -0.39 is 0 Å². The Morgan fingerprint density at radius 1 is 1.44 bits per heavy atom. The Hall–Kier alpha value is -0.870. The van der Waals surface area contributed by atoms with Gasteiger partial charge in [0.15, 0.2) is 6.29 Å². The molecule has 0 amide bonds. The molecule has 0 bridgehead atoms. The number of aldehydes is 1. The van der Waals surface area contributed by atoms with Crippen LogP contribution in [0.3, 0.4) is 0 Å². The van der Waals surface area contributed by atoms with E-state index in [1.54, 1.807) is 0 Å². The van der Waals surface area contributed by atoms with Gasteiger partial charge in [-0.15, -0.1) is 0 Å². The molecule has 2 rings (SSSR count). The van der Waals surface area contributed by atoms with Gasteiger partial charge in [-0.05, 0) is 59.8 Å². The van der Waals surface area contributed by atoms with E-state index in [2.05, 4.69) is 20.8 Å². The number of hydrogen-bond acceptors (Lipinski definition) is 3. The SMILES string of the molecule is O=Cc1ccc(N(CCCO)C2CCC2)cc1Br. The first-order valence-electron chi connectivity index (χ1n) is 6.38. The lowest BCUT2D eigenvalue weighted by Crippen LogP contribution is -2.41. The lowest BCUT2D eigenvalue weighted by Gasteiger charge is -2.39. The third-order valence-electron chi connectivity index (χ3n) is 3.52. The van der Waals surface area contributed by atoms with Crippen LogP contribution in [0.1, 0.15) is 36.0 Å². The Labute approximate surface area is 116 Å². The van der Waals surface area contributed by atoms with E-state index in [1.165, 1.54) is 19.3 Å². The van der Waals surface area contributed by atoms with Gasteiger partial charge in [-0.1, -0.05) is 0 Å². The van der Waals surface area contributed by atoms with Crippen molar-refractivity contribution in [2.24, 2.45) is 0 Å². The van der Waals surface area contributed by atoms with E-state index in [9.17, 15) is 4.79 Å². The number of aliphatic hydroxyl groups is 1. The first-order chi connectivity index (χ1) is 8.76. The van der Waals surface area contributed by atoms with E-state index in [0.717, 1.165) is 29.4 Å². The molecule has 0 heterocycles. The normalized spacial score (nSPS) is 15.2. The lowest BCUT2D eigenvalue weighted by molar-refractivity contribution is 0.112. The molecule has 0 unspecified atom stereocenters. The van der Waals surface area contributed by atoms with Crippen LogP contribution in [0.25, 0.3) is 0 Å². The molecule has 0 saturated heterocycles. The van der Waals surface area contributed by atoms with Gasteiger partial charge >= 0.3 is 0 Å². The molecule has 1 aliphatic rings. The van der Waals surface area contributed by atoms with Crippen molar-refractivity contribution in [1.82, 2.24) is 0 Å². The second-order valence-corrected chi connectivity index (χ2v) is 5.53. The number of rotatable bonds is 6.